The van der Waals surface area contributed by atoms with E-state index in [1.807, 2.05) is 36.4 Å². The Balaban J connectivity index is 1.40. The number of hydrogen-bond donors (Lipinski definition) is 0. The second kappa shape index (κ2) is 7.29. The fourth-order valence-electron chi connectivity index (χ4n) is 5.45. The molecular formula is C24H25FN2O2. The molecule has 1 unspecified atom stereocenters. The summed E-state index contributed by atoms with van der Waals surface area (Å²) in [6, 6.07) is 14.7. The van der Waals surface area contributed by atoms with E-state index in [-0.39, 0.29) is 29.7 Å². The third-order valence-electron chi connectivity index (χ3n) is 6.81. The second-order valence-corrected chi connectivity index (χ2v) is 8.48. The first-order chi connectivity index (χ1) is 14.1. The summed E-state index contributed by atoms with van der Waals surface area (Å²) in [4.78, 5) is 29.7. The predicted octanol–water partition coefficient (Wildman–Crippen LogP) is 4.50. The molecule has 0 aromatic heterocycles. The molecule has 3 fully saturated rings. The van der Waals surface area contributed by atoms with Gasteiger partial charge in [-0.25, -0.2) is 4.39 Å². The first kappa shape index (κ1) is 18.3. The molecule has 3 atom stereocenters. The molecule has 3 heterocycles. The molecule has 2 aromatic carbocycles. The van der Waals surface area contributed by atoms with Gasteiger partial charge in [0.25, 0.3) is 5.91 Å². The van der Waals surface area contributed by atoms with Crippen LogP contribution >= 0.6 is 0 Å². The minimum atomic E-state index is -0.211. The zero-order valence-electron chi connectivity index (χ0n) is 16.4. The summed E-state index contributed by atoms with van der Waals surface area (Å²) >= 11 is 0. The molecule has 5 heteroatoms. The molecule has 2 bridgehead atoms. The third kappa shape index (κ3) is 3.22. The lowest BCUT2D eigenvalue weighted by Gasteiger charge is -2.39. The first-order valence-electron chi connectivity index (χ1n) is 10.6. The number of para-hydroxylation sites is 1. The number of nitrogens with zero attached hydrogens (tertiary/aromatic N) is 2. The third-order valence-corrected chi connectivity index (χ3v) is 6.81. The van der Waals surface area contributed by atoms with Crippen molar-refractivity contribution in [2.45, 2.75) is 56.5 Å². The normalized spacial score (nSPS) is 26.2. The summed E-state index contributed by atoms with van der Waals surface area (Å²) in [5.74, 6) is 0.304. The van der Waals surface area contributed by atoms with Gasteiger partial charge in [0, 0.05) is 25.0 Å². The molecule has 0 aliphatic carbocycles. The van der Waals surface area contributed by atoms with Gasteiger partial charge in [-0.1, -0.05) is 24.3 Å². The summed E-state index contributed by atoms with van der Waals surface area (Å²) < 4.78 is 13.3. The van der Waals surface area contributed by atoms with Crippen LogP contribution in [0.25, 0.3) is 0 Å². The highest BCUT2D eigenvalue weighted by atomic mass is 19.1. The van der Waals surface area contributed by atoms with Crippen LogP contribution in [-0.2, 0) is 4.79 Å². The minimum absolute atomic E-state index is 0.0466. The molecule has 3 aliphatic heterocycles. The molecule has 3 aliphatic rings. The van der Waals surface area contributed by atoms with Crippen molar-refractivity contribution in [2.24, 2.45) is 0 Å². The van der Waals surface area contributed by atoms with Gasteiger partial charge < -0.3 is 9.80 Å². The Morgan fingerprint density at radius 3 is 2.31 bits per heavy atom. The molecule has 3 saturated heterocycles. The Hall–Kier alpha value is -2.69. The Kier molecular flexibility index (Phi) is 4.61. The van der Waals surface area contributed by atoms with Gasteiger partial charge in [0.2, 0.25) is 5.91 Å². The largest absolute Gasteiger partial charge is 0.333 e. The molecule has 2 amide bonds. The van der Waals surface area contributed by atoms with Crippen LogP contribution in [0.1, 0.15) is 60.4 Å². The molecule has 4 nitrogen and oxygen atoms in total. The Bertz CT molecular complexity index is 928. The van der Waals surface area contributed by atoms with E-state index in [2.05, 4.69) is 4.90 Å². The SMILES string of the molecule is O=C1CCCN1c1ccccc1C(=O)N1[C@@H]2CC[C@H]1CC(c1ccc(F)cc1)C2. The van der Waals surface area contributed by atoms with E-state index in [0.717, 1.165) is 37.8 Å². The van der Waals surface area contributed by atoms with Crippen LogP contribution in [0.15, 0.2) is 48.5 Å². The van der Waals surface area contributed by atoms with Crippen LogP contribution < -0.4 is 4.90 Å². The first-order valence-corrected chi connectivity index (χ1v) is 10.6. The van der Waals surface area contributed by atoms with Gasteiger partial charge >= 0.3 is 0 Å². The number of amides is 2. The minimum Gasteiger partial charge on any atom is -0.333 e. The van der Waals surface area contributed by atoms with Crippen LogP contribution in [0.2, 0.25) is 0 Å². The summed E-state index contributed by atoms with van der Waals surface area (Å²) in [7, 11) is 0. The van der Waals surface area contributed by atoms with Crippen molar-refractivity contribution in [3.8, 4) is 0 Å². The number of piperidine rings is 1. The number of halogens is 1. The van der Waals surface area contributed by atoms with Crippen molar-refractivity contribution in [3.63, 3.8) is 0 Å². The molecule has 150 valence electrons. The van der Waals surface area contributed by atoms with E-state index in [9.17, 15) is 14.0 Å². The lowest BCUT2D eigenvalue weighted by Crippen LogP contribution is -2.46. The number of carbonyl (C=O) groups excluding carboxylic acids is 2. The monoisotopic (exact) mass is 392 g/mol. The van der Waals surface area contributed by atoms with Crippen LogP contribution in [0.4, 0.5) is 10.1 Å². The van der Waals surface area contributed by atoms with Gasteiger partial charge in [-0.2, -0.15) is 0 Å². The van der Waals surface area contributed by atoms with E-state index in [0.29, 0.717) is 24.4 Å². The number of fused-ring (bicyclic) bond motifs is 2. The number of rotatable bonds is 3. The zero-order valence-corrected chi connectivity index (χ0v) is 16.4. The van der Waals surface area contributed by atoms with Crippen molar-refractivity contribution < 1.29 is 14.0 Å². The van der Waals surface area contributed by atoms with Gasteiger partial charge in [-0.3, -0.25) is 9.59 Å². The van der Waals surface area contributed by atoms with E-state index in [1.165, 1.54) is 17.7 Å². The summed E-state index contributed by atoms with van der Waals surface area (Å²) in [5.41, 5.74) is 2.55. The van der Waals surface area contributed by atoms with E-state index in [4.69, 9.17) is 0 Å². The molecule has 0 saturated carbocycles. The lowest BCUT2D eigenvalue weighted by atomic mass is 9.84. The molecule has 29 heavy (non-hydrogen) atoms. The molecular weight excluding hydrogens is 367 g/mol. The second-order valence-electron chi connectivity index (χ2n) is 8.48. The molecule has 0 N–H and O–H groups in total. The highest BCUT2D eigenvalue weighted by molar-refractivity contribution is 6.05. The Morgan fingerprint density at radius 1 is 0.966 bits per heavy atom. The number of hydrogen-bond acceptors (Lipinski definition) is 2. The van der Waals surface area contributed by atoms with E-state index in [1.54, 1.807) is 4.90 Å². The smallest absolute Gasteiger partial charge is 0.256 e. The number of anilines is 1. The summed E-state index contributed by atoms with van der Waals surface area (Å²) in [6.45, 7) is 0.683. The van der Waals surface area contributed by atoms with Crippen molar-refractivity contribution in [2.75, 3.05) is 11.4 Å². The fourth-order valence-corrected chi connectivity index (χ4v) is 5.45. The Morgan fingerprint density at radius 2 is 1.66 bits per heavy atom. The van der Waals surface area contributed by atoms with Crippen LogP contribution in [0.3, 0.4) is 0 Å². The summed E-state index contributed by atoms with van der Waals surface area (Å²) in [5, 5.41) is 0. The maximum absolute atomic E-state index is 13.6. The average molecular weight is 392 g/mol. The number of carbonyl (C=O) groups is 2. The van der Waals surface area contributed by atoms with Crippen molar-refractivity contribution in [1.82, 2.24) is 4.90 Å². The van der Waals surface area contributed by atoms with Crippen LogP contribution in [-0.4, -0.2) is 35.3 Å². The van der Waals surface area contributed by atoms with Gasteiger partial charge in [-0.15, -0.1) is 0 Å². The van der Waals surface area contributed by atoms with Gasteiger partial charge in [0.1, 0.15) is 5.82 Å². The zero-order chi connectivity index (χ0) is 20.0. The molecule has 0 radical (unpaired) electrons. The quantitative estimate of drug-likeness (QED) is 0.771. The lowest BCUT2D eigenvalue weighted by molar-refractivity contribution is -0.117. The van der Waals surface area contributed by atoms with Crippen molar-refractivity contribution >= 4 is 17.5 Å². The fraction of sp³-hybridized carbons (Fsp3) is 0.417. The van der Waals surface area contributed by atoms with Gasteiger partial charge in [0.15, 0.2) is 0 Å². The topological polar surface area (TPSA) is 40.6 Å². The molecule has 5 rings (SSSR count). The van der Waals surface area contributed by atoms with E-state index < -0.39 is 0 Å². The molecule has 0 spiro atoms. The van der Waals surface area contributed by atoms with Gasteiger partial charge in [-0.05, 0) is 67.9 Å². The highest BCUT2D eigenvalue weighted by Gasteiger charge is 2.44. The van der Waals surface area contributed by atoms with Crippen molar-refractivity contribution in [1.29, 1.82) is 0 Å². The van der Waals surface area contributed by atoms with Crippen LogP contribution in [0, 0.1) is 5.82 Å². The van der Waals surface area contributed by atoms with Crippen LogP contribution in [0.5, 0.6) is 0 Å². The Labute approximate surface area is 170 Å². The number of benzene rings is 2. The maximum atomic E-state index is 13.6. The highest BCUT2D eigenvalue weighted by Crippen LogP contribution is 2.44. The van der Waals surface area contributed by atoms with Crippen molar-refractivity contribution in [3.05, 3.63) is 65.5 Å². The molecule has 2 aromatic rings. The average Bonchev–Trinajstić information content (AvgIpc) is 3.28. The maximum Gasteiger partial charge on any atom is 0.256 e. The van der Waals surface area contributed by atoms with Gasteiger partial charge in [0.05, 0.1) is 11.3 Å². The van der Waals surface area contributed by atoms with E-state index >= 15 is 0 Å². The predicted molar refractivity (Wildman–Crippen MR) is 109 cm³/mol. The standard InChI is InChI=1S/C24H25FN2O2/c25-18-9-7-16(8-10-18)17-14-19-11-12-20(15-17)27(19)24(29)21-4-1-2-5-22(21)26-13-3-6-23(26)28/h1-2,4-5,7-10,17,19-20H,3,6,11-15H2/t17?,19-,20+. The summed E-state index contributed by atoms with van der Waals surface area (Å²) in [6.07, 6.45) is 5.25.